The van der Waals surface area contributed by atoms with Crippen molar-refractivity contribution in [1.82, 2.24) is 19.1 Å². The standard InChI is InChI=1S/C44H28N4/c1-2-13-30(14-3-1)44-45-38(32-23-22-29-12-4-5-15-31(29)26-32)28-43(46-44)48-41-21-11-8-18-36(41)37-27-33(24-25-42(37)48)47-39-19-9-6-16-34(39)35-17-7-10-20-40(35)47/h1-28H. The van der Waals surface area contributed by atoms with Gasteiger partial charge in [0.15, 0.2) is 5.82 Å². The highest BCUT2D eigenvalue weighted by Crippen LogP contribution is 2.37. The zero-order valence-corrected chi connectivity index (χ0v) is 26.0. The van der Waals surface area contributed by atoms with Gasteiger partial charge >= 0.3 is 0 Å². The molecule has 0 aliphatic rings. The lowest BCUT2D eigenvalue weighted by Crippen LogP contribution is -2.02. The van der Waals surface area contributed by atoms with Gasteiger partial charge in [0.05, 0.1) is 27.8 Å². The fourth-order valence-corrected chi connectivity index (χ4v) is 7.31. The first-order valence-electron chi connectivity index (χ1n) is 16.3. The van der Waals surface area contributed by atoms with Gasteiger partial charge in [0.1, 0.15) is 5.82 Å². The zero-order valence-electron chi connectivity index (χ0n) is 26.0. The SMILES string of the molecule is c1ccc(-c2nc(-c3ccc4ccccc4c3)cc(-n3c4ccccc4c4cc(-n5c6ccccc6c6ccccc65)ccc43)n2)cc1. The highest BCUT2D eigenvalue weighted by molar-refractivity contribution is 6.12. The van der Waals surface area contributed by atoms with Gasteiger partial charge in [-0.3, -0.25) is 4.57 Å². The van der Waals surface area contributed by atoms with Gasteiger partial charge in [0, 0.05) is 44.4 Å². The van der Waals surface area contributed by atoms with Crippen molar-refractivity contribution in [3.63, 3.8) is 0 Å². The Hall–Kier alpha value is -6.52. The van der Waals surface area contributed by atoms with Crippen molar-refractivity contribution in [3.8, 4) is 34.2 Å². The molecule has 0 aliphatic carbocycles. The van der Waals surface area contributed by atoms with Crippen LogP contribution in [0.15, 0.2) is 170 Å². The molecule has 0 spiro atoms. The van der Waals surface area contributed by atoms with E-state index in [0.29, 0.717) is 5.82 Å². The zero-order chi connectivity index (χ0) is 31.6. The van der Waals surface area contributed by atoms with Crippen molar-refractivity contribution >= 4 is 54.4 Å². The lowest BCUT2D eigenvalue weighted by Gasteiger charge is -2.13. The molecule has 10 rings (SSSR count). The molecule has 4 heteroatoms. The summed E-state index contributed by atoms with van der Waals surface area (Å²) >= 11 is 0. The third kappa shape index (κ3) is 4.10. The minimum absolute atomic E-state index is 0.698. The Morgan fingerprint density at radius 1 is 0.354 bits per heavy atom. The van der Waals surface area contributed by atoms with Crippen molar-refractivity contribution in [2.24, 2.45) is 0 Å². The molecule has 7 aromatic carbocycles. The van der Waals surface area contributed by atoms with Crippen LogP contribution in [0.25, 0.3) is 88.5 Å². The summed E-state index contributed by atoms with van der Waals surface area (Å²) in [4.78, 5) is 10.4. The number of para-hydroxylation sites is 3. The molecule has 0 saturated carbocycles. The third-order valence-corrected chi connectivity index (χ3v) is 9.51. The van der Waals surface area contributed by atoms with E-state index in [-0.39, 0.29) is 0 Å². The summed E-state index contributed by atoms with van der Waals surface area (Å²) in [6, 6.07) is 60.2. The predicted octanol–water partition coefficient (Wildman–Crippen LogP) is 11.2. The van der Waals surface area contributed by atoms with E-state index < -0.39 is 0 Å². The Labute approximate surface area is 276 Å². The van der Waals surface area contributed by atoms with Crippen LogP contribution in [0.2, 0.25) is 0 Å². The first-order valence-corrected chi connectivity index (χ1v) is 16.3. The molecule has 0 bridgehead atoms. The van der Waals surface area contributed by atoms with Crippen LogP contribution in [0.4, 0.5) is 0 Å². The van der Waals surface area contributed by atoms with Gasteiger partial charge in [-0.05, 0) is 53.2 Å². The molecule has 3 heterocycles. The van der Waals surface area contributed by atoms with Crippen LogP contribution < -0.4 is 0 Å². The third-order valence-electron chi connectivity index (χ3n) is 9.51. The summed E-state index contributed by atoms with van der Waals surface area (Å²) in [6.07, 6.45) is 0. The normalized spacial score (nSPS) is 11.8. The number of fused-ring (bicyclic) bond motifs is 7. The topological polar surface area (TPSA) is 35.6 Å². The van der Waals surface area contributed by atoms with E-state index in [9.17, 15) is 0 Å². The van der Waals surface area contributed by atoms with Crippen molar-refractivity contribution < 1.29 is 0 Å². The quantitative estimate of drug-likeness (QED) is 0.198. The maximum atomic E-state index is 5.24. The van der Waals surface area contributed by atoms with E-state index >= 15 is 0 Å². The number of benzene rings is 7. The van der Waals surface area contributed by atoms with Crippen LogP contribution in [0.1, 0.15) is 0 Å². The van der Waals surface area contributed by atoms with Gasteiger partial charge in [-0.2, -0.15) is 0 Å². The summed E-state index contributed by atoms with van der Waals surface area (Å²) in [5, 5.41) is 7.27. The highest BCUT2D eigenvalue weighted by atomic mass is 15.1. The van der Waals surface area contributed by atoms with E-state index in [0.717, 1.165) is 39.4 Å². The number of aromatic nitrogens is 4. The minimum atomic E-state index is 0.698. The Morgan fingerprint density at radius 2 is 0.938 bits per heavy atom. The van der Waals surface area contributed by atoms with Crippen LogP contribution >= 0.6 is 0 Å². The first kappa shape index (κ1) is 26.7. The van der Waals surface area contributed by atoms with Crippen LogP contribution in [0.5, 0.6) is 0 Å². The van der Waals surface area contributed by atoms with E-state index in [4.69, 9.17) is 9.97 Å². The van der Waals surface area contributed by atoms with Crippen molar-refractivity contribution in [3.05, 3.63) is 170 Å². The highest BCUT2D eigenvalue weighted by Gasteiger charge is 2.18. The molecule has 0 amide bonds. The second-order valence-electron chi connectivity index (χ2n) is 12.3. The predicted molar refractivity (Wildman–Crippen MR) is 199 cm³/mol. The lowest BCUT2D eigenvalue weighted by molar-refractivity contribution is 1.05. The van der Waals surface area contributed by atoms with Gasteiger partial charge in [0.25, 0.3) is 0 Å². The first-order chi connectivity index (χ1) is 23.8. The molecule has 10 aromatic rings. The van der Waals surface area contributed by atoms with E-state index in [1.54, 1.807) is 0 Å². The largest absolute Gasteiger partial charge is 0.309 e. The van der Waals surface area contributed by atoms with Gasteiger partial charge in [-0.1, -0.05) is 121 Å². The molecule has 4 nitrogen and oxygen atoms in total. The smallest absolute Gasteiger partial charge is 0.162 e. The molecule has 0 aliphatic heterocycles. The van der Waals surface area contributed by atoms with E-state index in [1.807, 2.05) is 18.2 Å². The second kappa shape index (κ2) is 10.5. The molecular formula is C44H28N4. The Bertz CT molecular complexity index is 2790. The summed E-state index contributed by atoms with van der Waals surface area (Å²) < 4.78 is 4.67. The average molecular weight is 613 g/mol. The average Bonchev–Trinajstić information content (AvgIpc) is 3.67. The molecule has 0 N–H and O–H groups in total. The van der Waals surface area contributed by atoms with Crippen molar-refractivity contribution in [2.75, 3.05) is 0 Å². The number of hydrogen-bond acceptors (Lipinski definition) is 2. The van der Waals surface area contributed by atoms with E-state index in [1.165, 1.54) is 43.4 Å². The summed E-state index contributed by atoms with van der Waals surface area (Å²) in [5.41, 5.74) is 8.66. The van der Waals surface area contributed by atoms with Gasteiger partial charge in [-0.15, -0.1) is 0 Å². The molecule has 48 heavy (non-hydrogen) atoms. The maximum Gasteiger partial charge on any atom is 0.162 e. The molecule has 0 atom stereocenters. The fourth-order valence-electron chi connectivity index (χ4n) is 7.31. The molecule has 0 saturated heterocycles. The van der Waals surface area contributed by atoms with E-state index in [2.05, 4.69) is 161 Å². The summed E-state index contributed by atoms with van der Waals surface area (Å²) in [6.45, 7) is 0. The molecule has 0 fully saturated rings. The van der Waals surface area contributed by atoms with Gasteiger partial charge in [-0.25, -0.2) is 9.97 Å². The summed E-state index contributed by atoms with van der Waals surface area (Å²) in [7, 11) is 0. The molecule has 3 aromatic heterocycles. The Balaban J connectivity index is 1.23. The summed E-state index contributed by atoms with van der Waals surface area (Å²) in [5.74, 6) is 1.53. The lowest BCUT2D eigenvalue weighted by atomic mass is 10.0. The molecule has 0 unspecified atom stereocenters. The van der Waals surface area contributed by atoms with Crippen LogP contribution in [0.3, 0.4) is 0 Å². The van der Waals surface area contributed by atoms with Crippen LogP contribution in [-0.4, -0.2) is 19.1 Å². The maximum absolute atomic E-state index is 5.24. The van der Waals surface area contributed by atoms with Crippen LogP contribution in [-0.2, 0) is 0 Å². The minimum Gasteiger partial charge on any atom is -0.309 e. The second-order valence-corrected chi connectivity index (χ2v) is 12.3. The van der Waals surface area contributed by atoms with Crippen molar-refractivity contribution in [1.29, 1.82) is 0 Å². The molecule has 224 valence electrons. The number of hydrogen-bond donors (Lipinski definition) is 0. The van der Waals surface area contributed by atoms with Gasteiger partial charge < -0.3 is 4.57 Å². The molecule has 0 radical (unpaired) electrons. The Morgan fingerprint density at radius 3 is 1.67 bits per heavy atom. The van der Waals surface area contributed by atoms with Gasteiger partial charge in [0.2, 0.25) is 0 Å². The van der Waals surface area contributed by atoms with Crippen molar-refractivity contribution in [2.45, 2.75) is 0 Å². The molecular weight excluding hydrogens is 585 g/mol. The Kier molecular flexibility index (Phi) is 5.84. The number of rotatable bonds is 4. The van der Waals surface area contributed by atoms with Crippen LogP contribution in [0, 0.1) is 0 Å². The fraction of sp³-hybridized carbons (Fsp3) is 0. The number of nitrogens with zero attached hydrogens (tertiary/aromatic N) is 4. The monoisotopic (exact) mass is 612 g/mol.